The number of aromatic nitrogens is 1. The molecule has 0 radical (unpaired) electrons. The van der Waals surface area contributed by atoms with Crippen molar-refractivity contribution < 1.29 is 9.53 Å². The molecule has 1 heterocycles. The van der Waals surface area contributed by atoms with E-state index in [4.69, 9.17) is 16.3 Å². The molecule has 1 aromatic rings. The van der Waals surface area contributed by atoms with Gasteiger partial charge in [0.1, 0.15) is 5.60 Å². The number of hydrogen-bond donors (Lipinski definition) is 0. The van der Waals surface area contributed by atoms with Crippen LogP contribution >= 0.6 is 11.6 Å². The molecule has 0 unspecified atom stereocenters. The summed E-state index contributed by atoms with van der Waals surface area (Å²) in [5.74, 6) is -0.280. The maximum absolute atomic E-state index is 11.4. The first-order valence-electron chi connectivity index (χ1n) is 4.69. The predicted molar refractivity (Wildman–Crippen MR) is 58.8 cm³/mol. The van der Waals surface area contributed by atoms with Gasteiger partial charge in [0.05, 0.1) is 17.1 Å². The Kier molecular flexibility index (Phi) is 3.69. The standard InChI is InChI=1S/C11H14ClNO2/c1-11(2,3)15-10(14)6-9-5-4-8(12)7-13-9/h4-5,7H,6H2,1-3H3. The second-order valence-electron chi connectivity index (χ2n) is 4.23. The van der Waals surface area contributed by atoms with E-state index in [2.05, 4.69) is 4.98 Å². The molecule has 4 heteroatoms. The van der Waals surface area contributed by atoms with Gasteiger partial charge in [0, 0.05) is 6.20 Å². The Morgan fingerprint density at radius 3 is 2.60 bits per heavy atom. The van der Waals surface area contributed by atoms with E-state index in [9.17, 15) is 4.79 Å². The topological polar surface area (TPSA) is 39.2 Å². The van der Waals surface area contributed by atoms with Gasteiger partial charge in [-0.15, -0.1) is 0 Å². The first kappa shape index (κ1) is 12.0. The number of carbonyl (C=O) groups is 1. The molecule has 0 spiro atoms. The summed E-state index contributed by atoms with van der Waals surface area (Å²) in [5.41, 5.74) is 0.206. The van der Waals surface area contributed by atoms with Crippen LogP contribution in [0.3, 0.4) is 0 Å². The van der Waals surface area contributed by atoms with Crippen molar-refractivity contribution in [1.29, 1.82) is 0 Å². The summed E-state index contributed by atoms with van der Waals surface area (Å²) in [6.07, 6.45) is 1.69. The van der Waals surface area contributed by atoms with Gasteiger partial charge in [-0.25, -0.2) is 0 Å². The van der Waals surface area contributed by atoms with Gasteiger partial charge >= 0.3 is 5.97 Å². The molecule has 0 fully saturated rings. The second-order valence-corrected chi connectivity index (χ2v) is 4.67. The third-order valence-electron chi connectivity index (χ3n) is 1.53. The molecule has 0 aliphatic carbocycles. The highest BCUT2D eigenvalue weighted by Gasteiger charge is 2.16. The summed E-state index contributed by atoms with van der Waals surface area (Å²) >= 11 is 5.68. The number of ether oxygens (including phenoxy) is 1. The average molecular weight is 228 g/mol. The van der Waals surface area contributed by atoms with Crippen LogP contribution in [0.15, 0.2) is 18.3 Å². The summed E-state index contributed by atoms with van der Waals surface area (Å²) < 4.78 is 5.16. The molecule has 0 saturated heterocycles. The Morgan fingerprint density at radius 2 is 2.13 bits per heavy atom. The highest BCUT2D eigenvalue weighted by atomic mass is 35.5. The lowest BCUT2D eigenvalue weighted by molar-refractivity contribution is -0.153. The predicted octanol–water partition coefficient (Wildman–Crippen LogP) is 2.62. The lowest BCUT2D eigenvalue weighted by Crippen LogP contribution is -2.25. The molecule has 0 aliphatic heterocycles. The van der Waals surface area contributed by atoms with Gasteiger partial charge in [0.25, 0.3) is 0 Å². The number of nitrogens with zero attached hydrogens (tertiary/aromatic N) is 1. The summed E-state index contributed by atoms with van der Waals surface area (Å²) in [6.45, 7) is 5.50. The molecule has 0 bridgehead atoms. The Bertz CT molecular complexity index is 341. The largest absolute Gasteiger partial charge is 0.460 e. The first-order chi connectivity index (χ1) is 6.87. The summed E-state index contributed by atoms with van der Waals surface area (Å²) in [7, 11) is 0. The van der Waals surface area contributed by atoms with Crippen LogP contribution < -0.4 is 0 Å². The van der Waals surface area contributed by atoms with E-state index in [1.807, 2.05) is 20.8 Å². The molecule has 1 aromatic heterocycles. The highest BCUT2D eigenvalue weighted by molar-refractivity contribution is 6.30. The van der Waals surface area contributed by atoms with Crippen LogP contribution in [0.1, 0.15) is 26.5 Å². The fraction of sp³-hybridized carbons (Fsp3) is 0.455. The molecular weight excluding hydrogens is 214 g/mol. The normalized spacial score (nSPS) is 11.2. The first-order valence-corrected chi connectivity index (χ1v) is 5.07. The monoisotopic (exact) mass is 227 g/mol. The molecule has 0 aliphatic rings. The fourth-order valence-electron chi connectivity index (χ4n) is 1.04. The van der Waals surface area contributed by atoms with E-state index in [1.165, 1.54) is 6.20 Å². The van der Waals surface area contributed by atoms with Crippen LogP contribution in [-0.4, -0.2) is 16.6 Å². The molecule has 3 nitrogen and oxygen atoms in total. The zero-order valence-electron chi connectivity index (χ0n) is 9.08. The lowest BCUT2D eigenvalue weighted by atomic mass is 10.2. The molecular formula is C11H14ClNO2. The molecule has 0 aromatic carbocycles. The van der Waals surface area contributed by atoms with Crippen LogP contribution in [0.5, 0.6) is 0 Å². The van der Waals surface area contributed by atoms with E-state index >= 15 is 0 Å². The number of pyridine rings is 1. The molecule has 82 valence electrons. The van der Waals surface area contributed by atoms with Crippen molar-refractivity contribution in [3.63, 3.8) is 0 Å². The van der Waals surface area contributed by atoms with Crippen molar-refractivity contribution >= 4 is 17.6 Å². The summed E-state index contributed by atoms with van der Waals surface area (Å²) in [4.78, 5) is 15.4. The van der Waals surface area contributed by atoms with Gasteiger partial charge in [-0.05, 0) is 32.9 Å². The van der Waals surface area contributed by atoms with Gasteiger partial charge in [0.15, 0.2) is 0 Å². The zero-order valence-corrected chi connectivity index (χ0v) is 9.84. The summed E-state index contributed by atoms with van der Waals surface area (Å²) in [6, 6.07) is 3.42. The summed E-state index contributed by atoms with van der Waals surface area (Å²) in [5, 5.41) is 0.558. The van der Waals surface area contributed by atoms with Gasteiger partial charge in [-0.1, -0.05) is 11.6 Å². The van der Waals surface area contributed by atoms with E-state index in [1.54, 1.807) is 12.1 Å². The Labute approximate surface area is 94.4 Å². The number of carbonyl (C=O) groups excluding carboxylic acids is 1. The lowest BCUT2D eigenvalue weighted by Gasteiger charge is -2.19. The number of esters is 1. The Balaban J connectivity index is 2.55. The van der Waals surface area contributed by atoms with Gasteiger partial charge < -0.3 is 4.74 Å². The Hall–Kier alpha value is -1.09. The molecule has 1 rings (SSSR count). The van der Waals surface area contributed by atoms with Crippen molar-refractivity contribution in [3.05, 3.63) is 29.0 Å². The van der Waals surface area contributed by atoms with Crippen molar-refractivity contribution in [3.8, 4) is 0 Å². The fourth-order valence-corrected chi connectivity index (χ4v) is 1.15. The quantitative estimate of drug-likeness (QED) is 0.730. The number of halogens is 1. The molecule has 0 amide bonds. The minimum Gasteiger partial charge on any atom is -0.460 e. The van der Waals surface area contributed by atoms with Crippen molar-refractivity contribution in [2.45, 2.75) is 32.8 Å². The van der Waals surface area contributed by atoms with Crippen molar-refractivity contribution in [2.75, 3.05) is 0 Å². The van der Waals surface area contributed by atoms with E-state index in [0.29, 0.717) is 10.7 Å². The van der Waals surface area contributed by atoms with Crippen LogP contribution in [0.4, 0.5) is 0 Å². The van der Waals surface area contributed by atoms with Crippen LogP contribution in [0.2, 0.25) is 5.02 Å². The van der Waals surface area contributed by atoms with Gasteiger partial charge in [-0.3, -0.25) is 9.78 Å². The molecule has 15 heavy (non-hydrogen) atoms. The number of rotatable bonds is 2. The maximum Gasteiger partial charge on any atom is 0.312 e. The van der Waals surface area contributed by atoms with Crippen LogP contribution in [0.25, 0.3) is 0 Å². The smallest absolute Gasteiger partial charge is 0.312 e. The Morgan fingerprint density at radius 1 is 1.47 bits per heavy atom. The van der Waals surface area contributed by atoms with Crippen molar-refractivity contribution in [2.24, 2.45) is 0 Å². The molecule has 0 saturated carbocycles. The van der Waals surface area contributed by atoms with Crippen molar-refractivity contribution in [1.82, 2.24) is 4.98 Å². The minimum atomic E-state index is -0.455. The highest BCUT2D eigenvalue weighted by Crippen LogP contribution is 2.10. The SMILES string of the molecule is CC(C)(C)OC(=O)Cc1ccc(Cl)cn1. The third-order valence-corrected chi connectivity index (χ3v) is 1.76. The second kappa shape index (κ2) is 4.62. The molecule has 0 N–H and O–H groups in total. The maximum atomic E-state index is 11.4. The molecule has 0 atom stereocenters. The van der Waals surface area contributed by atoms with E-state index < -0.39 is 5.60 Å². The van der Waals surface area contributed by atoms with E-state index in [0.717, 1.165) is 0 Å². The third kappa shape index (κ3) is 4.79. The van der Waals surface area contributed by atoms with Crippen LogP contribution in [0, 0.1) is 0 Å². The zero-order chi connectivity index (χ0) is 11.5. The average Bonchev–Trinajstić information content (AvgIpc) is 2.05. The van der Waals surface area contributed by atoms with E-state index in [-0.39, 0.29) is 12.4 Å². The van der Waals surface area contributed by atoms with Gasteiger partial charge in [-0.2, -0.15) is 0 Å². The van der Waals surface area contributed by atoms with Gasteiger partial charge in [0.2, 0.25) is 0 Å². The number of hydrogen-bond acceptors (Lipinski definition) is 3. The minimum absolute atomic E-state index is 0.175. The van der Waals surface area contributed by atoms with Crippen LogP contribution in [-0.2, 0) is 16.0 Å².